The fraction of sp³-hybridized carbons (Fsp3) is 0.0625. The van der Waals surface area contributed by atoms with E-state index in [4.69, 9.17) is 11.6 Å². The smallest absolute Gasteiger partial charge is 0.129 e. The molecule has 0 radical (unpaired) electrons. The van der Waals surface area contributed by atoms with Gasteiger partial charge in [0.05, 0.1) is 11.2 Å². The van der Waals surface area contributed by atoms with Crippen LogP contribution in [0.5, 0.6) is 0 Å². The average Bonchev–Trinajstić information content (AvgIpc) is 2.46. The van der Waals surface area contributed by atoms with Gasteiger partial charge in [-0.3, -0.25) is 4.98 Å². The molecule has 2 aromatic carbocycles. The SMILES string of the molecule is Fc1cc(Cl)ccc1CNc1cccc2cccnc12. The number of pyridine rings is 1. The third-order valence-electron chi connectivity index (χ3n) is 3.12. The van der Waals surface area contributed by atoms with Crippen molar-refractivity contribution in [3.63, 3.8) is 0 Å². The molecule has 0 saturated carbocycles. The summed E-state index contributed by atoms with van der Waals surface area (Å²) in [4.78, 5) is 4.35. The Kier molecular flexibility index (Phi) is 3.52. The Labute approximate surface area is 121 Å². The number of nitrogens with zero attached hydrogens (tertiary/aromatic N) is 1. The number of hydrogen-bond donors (Lipinski definition) is 1. The predicted molar refractivity (Wildman–Crippen MR) is 80.5 cm³/mol. The predicted octanol–water partition coefficient (Wildman–Crippen LogP) is 4.64. The standard InChI is InChI=1S/C16H12ClFN2/c17-13-7-6-12(14(18)9-13)10-20-15-5-1-3-11-4-2-8-19-16(11)15/h1-9,20H,10H2. The Balaban J connectivity index is 1.87. The van der Waals surface area contributed by atoms with Crippen molar-refractivity contribution in [2.45, 2.75) is 6.54 Å². The average molecular weight is 287 g/mol. The second-order valence-corrected chi connectivity index (χ2v) is 4.91. The van der Waals surface area contributed by atoms with Crippen LogP contribution in [0.1, 0.15) is 5.56 Å². The molecule has 0 aliphatic rings. The molecule has 0 bridgehead atoms. The molecule has 100 valence electrons. The fourth-order valence-electron chi connectivity index (χ4n) is 2.10. The lowest BCUT2D eigenvalue weighted by atomic mass is 10.1. The van der Waals surface area contributed by atoms with E-state index in [0.29, 0.717) is 17.1 Å². The minimum atomic E-state index is -0.307. The molecule has 1 N–H and O–H groups in total. The minimum absolute atomic E-state index is 0.307. The van der Waals surface area contributed by atoms with Gasteiger partial charge in [-0.05, 0) is 24.3 Å². The van der Waals surface area contributed by atoms with Crippen molar-refractivity contribution in [3.8, 4) is 0 Å². The van der Waals surface area contributed by atoms with Crippen LogP contribution >= 0.6 is 11.6 Å². The van der Waals surface area contributed by atoms with Crippen LogP contribution in [-0.2, 0) is 6.54 Å². The maximum Gasteiger partial charge on any atom is 0.129 e. The normalized spacial score (nSPS) is 10.7. The van der Waals surface area contributed by atoms with Crippen LogP contribution in [0.3, 0.4) is 0 Å². The van der Waals surface area contributed by atoms with E-state index in [2.05, 4.69) is 10.3 Å². The van der Waals surface area contributed by atoms with Crippen LogP contribution in [0, 0.1) is 5.82 Å². The van der Waals surface area contributed by atoms with Gasteiger partial charge in [-0.2, -0.15) is 0 Å². The van der Waals surface area contributed by atoms with E-state index in [1.54, 1.807) is 18.3 Å². The molecule has 0 saturated heterocycles. The molecule has 0 aliphatic carbocycles. The second kappa shape index (κ2) is 5.47. The number of nitrogens with one attached hydrogen (secondary N) is 1. The summed E-state index contributed by atoms with van der Waals surface area (Å²) in [6.07, 6.45) is 1.75. The van der Waals surface area contributed by atoms with Crippen molar-refractivity contribution in [2.75, 3.05) is 5.32 Å². The van der Waals surface area contributed by atoms with Crippen LogP contribution in [0.4, 0.5) is 10.1 Å². The summed E-state index contributed by atoms with van der Waals surface area (Å²) in [5.74, 6) is -0.307. The summed E-state index contributed by atoms with van der Waals surface area (Å²) in [7, 11) is 0. The Hall–Kier alpha value is -2.13. The number of fused-ring (bicyclic) bond motifs is 1. The van der Waals surface area contributed by atoms with Gasteiger partial charge >= 0.3 is 0 Å². The highest BCUT2D eigenvalue weighted by molar-refractivity contribution is 6.30. The Morgan fingerprint density at radius 2 is 1.95 bits per heavy atom. The Morgan fingerprint density at radius 3 is 2.80 bits per heavy atom. The summed E-state index contributed by atoms with van der Waals surface area (Å²) >= 11 is 5.74. The van der Waals surface area contributed by atoms with Crippen LogP contribution in [-0.4, -0.2) is 4.98 Å². The van der Waals surface area contributed by atoms with E-state index in [1.165, 1.54) is 6.07 Å². The van der Waals surface area contributed by atoms with E-state index in [0.717, 1.165) is 16.6 Å². The van der Waals surface area contributed by atoms with Crippen molar-refractivity contribution in [2.24, 2.45) is 0 Å². The first-order valence-corrected chi connectivity index (χ1v) is 6.63. The number of halogens is 2. The molecule has 0 spiro atoms. The molecule has 1 aromatic heterocycles. The third kappa shape index (κ3) is 2.58. The summed E-state index contributed by atoms with van der Waals surface area (Å²) in [6, 6.07) is 14.5. The summed E-state index contributed by atoms with van der Waals surface area (Å²) in [5, 5.41) is 4.67. The van der Waals surface area contributed by atoms with E-state index in [-0.39, 0.29) is 5.82 Å². The molecule has 0 unspecified atom stereocenters. The summed E-state index contributed by atoms with van der Waals surface area (Å²) < 4.78 is 13.7. The number of hydrogen-bond acceptors (Lipinski definition) is 2. The van der Waals surface area contributed by atoms with Crippen molar-refractivity contribution < 1.29 is 4.39 Å². The molecule has 4 heteroatoms. The first-order valence-electron chi connectivity index (χ1n) is 6.25. The molecular weight excluding hydrogens is 275 g/mol. The lowest BCUT2D eigenvalue weighted by Crippen LogP contribution is -2.02. The highest BCUT2D eigenvalue weighted by Crippen LogP contribution is 2.22. The zero-order chi connectivity index (χ0) is 13.9. The van der Waals surface area contributed by atoms with Gasteiger partial charge in [-0.25, -0.2) is 4.39 Å². The zero-order valence-electron chi connectivity index (χ0n) is 10.6. The van der Waals surface area contributed by atoms with Crippen LogP contribution in [0.25, 0.3) is 10.9 Å². The number of rotatable bonds is 3. The van der Waals surface area contributed by atoms with E-state index in [1.807, 2.05) is 30.3 Å². The number of benzene rings is 2. The van der Waals surface area contributed by atoms with Gasteiger partial charge in [0, 0.05) is 28.7 Å². The first-order chi connectivity index (χ1) is 9.74. The number of anilines is 1. The van der Waals surface area contributed by atoms with Gasteiger partial charge in [0.25, 0.3) is 0 Å². The lowest BCUT2D eigenvalue weighted by molar-refractivity contribution is 0.613. The van der Waals surface area contributed by atoms with Crippen LogP contribution in [0.15, 0.2) is 54.7 Å². The van der Waals surface area contributed by atoms with Crippen molar-refractivity contribution >= 4 is 28.2 Å². The molecule has 0 aliphatic heterocycles. The van der Waals surface area contributed by atoms with Gasteiger partial charge < -0.3 is 5.32 Å². The van der Waals surface area contributed by atoms with Gasteiger partial charge in [0.1, 0.15) is 5.82 Å². The van der Waals surface area contributed by atoms with Crippen LogP contribution < -0.4 is 5.32 Å². The van der Waals surface area contributed by atoms with Gasteiger partial charge in [-0.1, -0.05) is 35.9 Å². The second-order valence-electron chi connectivity index (χ2n) is 4.47. The highest BCUT2D eigenvalue weighted by Gasteiger charge is 2.05. The first kappa shape index (κ1) is 12.9. The fourth-order valence-corrected chi connectivity index (χ4v) is 2.26. The quantitative estimate of drug-likeness (QED) is 0.759. The van der Waals surface area contributed by atoms with Crippen molar-refractivity contribution in [1.29, 1.82) is 0 Å². The highest BCUT2D eigenvalue weighted by atomic mass is 35.5. The van der Waals surface area contributed by atoms with E-state index < -0.39 is 0 Å². The molecular formula is C16H12ClFN2. The summed E-state index contributed by atoms with van der Waals surface area (Å²) in [5.41, 5.74) is 2.34. The molecule has 3 rings (SSSR count). The van der Waals surface area contributed by atoms with Gasteiger partial charge in [-0.15, -0.1) is 0 Å². The molecule has 0 atom stereocenters. The van der Waals surface area contributed by atoms with E-state index >= 15 is 0 Å². The monoisotopic (exact) mass is 286 g/mol. The van der Waals surface area contributed by atoms with E-state index in [9.17, 15) is 4.39 Å². The summed E-state index contributed by atoms with van der Waals surface area (Å²) in [6.45, 7) is 0.388. The Bertz CT molecular complexity index is 753. The molecule has 20 heavy (non-hydrogen) atoms. The maximum atomic E-state index is 13.7. The van der Waals surface area contributed by atoms with Gasteiger partial charge in [0.2, 0.25) is 0 Å². The molecule has 1 heterocycles. The third-order valence-corrected chi connectivity index (χ3v) is 3.35. The minimum Gasteiger partial charge on any atom is -0.379 e. The van der Waals surface area contributed by atoms with Crippen molar-refractivity contribution in [1.82, 2.24) is 4.98 Å². The number of para-hydroxylation sites is 1. The van der Waals surface area contributed by atoms with Crippen LogP contribution in [0.2, 0.25) is 5.02 Å². The zero-order valence-corrected chi connectivity index (χ0v) is 11.4. The Morgan fingerprint density at radius 1 is 1.10 bits per heavy atom. The maximum absolute atomic E-state index is 13.7. The van der Waals surface area contributed by atoms with Crippen molar-refractivity contribution in [3.05, 3.63) is 71.1 Å². The molecule has 0 amide bonds. The molecule has 2 nitrogen and oxygen atoms in total. The topological polar surface area (TPSA) is 24.9 Å². The van der Waals surface area contributed by atoms with Gasteiger partial charge in [0.15, 0.2) is 0 Å². The molecule has 3 aromatic rings. The number of aromatic nitrogens is 1. The lowest BCUT2D eigenvalue weighted by Gasteiger charge is -2.10. The molecule has 0 fully saturated rings. The largest absolute Gasteiger partial charge is 0.379 e.